The van der Waals surface area contributed by atoms with E-state index in [-0.39, 0.29) is 0 Å². The Bertz CT molecular complexity index is 394. The van der Waals surface area contributed by atoms with Gasteiger partial charge in [0.25, 0.3) is 0 Å². The molecule has 0 aromatic heterocycles. The number of carboxylic acids is 1. The SMILES string of the molecule is CC=CC(C(=O)O)c1ccccc1C=O. The topological polar surface area (TPSA) is 54.4 Å². The number of carbonyl (C=O) groups excluding carboxylic acids is 1. The smallest absolute Gasteiger partial charge is 0.314 e. The largest absolute Gasteiger partial charge is 0.481 e. The van der Waals surface area contributed by atoms with Crippen LogP contribution in [0.5, 0.6) is 0 Å². The third kappa shape index (κ3) is 2.53. The third-order valence-corrected chi connectivity index (χ3v) is 2.11. The van der Waals surface area contributed by atoms with E-state index in [4.69, 9.17) is 5.11 Å². The van der Waals surface area contributed by atoms with Crippen LogP contribution in [0.1, 0.15) is 28.8 Å². The van der Waals surface area contributed by atoms with Crippen molar-refractivity contribution in [1.82, 2.24) is 0 Å². The Kier molecular flexibility index (Phi) is 3.80. The number of aliphatic carboxylic acids is 1. The van der Waals surface area contributed by atoms with Gasteiger partial charge in [0.15, 0.2) is 0 Å². The molecule has 78 valence electrons. The molecule has 0 saturated carbocycles. The van der Waals surface area contributed by atoms with Crippen LogP contribution in [0.2, 0.25) is 0 Å². The molecular formula is C12H12O3. The van der Waals surface area contributed by atoms with Gasteiger partial charge >= 0.3 is 5.97 Å². The van der Waals surface area contributed by atoms with E-state index < -0.39 is 11.9 Å². The summed E-state index contributed by atoms with van der Waals surface area (Å²) < 4.78 is 0. The Morgan fingerprint density at radius 2 is 2.07 bits per heavy atom. The molecule has 0 saturated heterocycles. The van der Waals surface area contributed by atoms with Gasteiger partial charge in [0, 0.05) is 5.56 Å². The van der Waals surface area contributed by atoms with Gasteiger partial charge in [-0.05, 0) is 12.5 Å². The second-order valence-electron chi connectivity index (χ2n) is 3.09. The Morgan fingerprint density at radius 1 is 1.40 bits per heavy atom. The van der Waals surface area contributed by atoms with Gasteiger partial charge < -0.3 is 5.11 Å². The van der Waals surface area contributed by atoms with Crippen molar-refractivity contribution < 1.29 is 14.7 Å². The van der Waals surface area contributed by atoms with Crippen molar-refractivity contribution in [3.8, 4) is 0 Å². The van der Waals surface area contributed by atoms with Crippen LogP contribution in [-0.2, 0) is 4.79 Å². The summed E-state index contributed by atoms with van der Waals surface area (Å²) in [6, 6.07) is 6.70. The van der Waals surface area contributed by atoms with Crippen molar-refractivity contribution in [2.45, 2.75) is 12.8 Å². The average Bonchev–Trinajstić information content (AvgIpc) is 2.25. The van der Waals surface area contributed by atoms with Crippen LogP contribution >= 0.6 is 0 Å². The standard InChI is InChI=1S/C12H12O3/c1-2-5-11(12(14)15)10-7-4-3-6-9(10)8-13/h2-8,11H,1H3,(H,14,15). The average molecular weight is 204 g/mol. The molecule has 0 radical (unpaired) electrons. The van der Waals surface area contributed by atoms with Crippen molar-refractivity contribution in [3.63, 3.8) is 0 Å². The maximum atomic E-state index is 11.0. The molecule has 1 rings (SSSR count). The molecule has 15 heavy (non-hydrogen) atoms. The molecule has 0 fully saturated rings. The quantitative estimate of drug-likeness (QED) is 0.604. The summed E-state index contributed by atoms with van der Waals surface area (Å²) in [4.78, 5) is 21.7. The zero-order valence-electron chi connectivity index (χ0n) is 8.38. The lowest BCUT2D eigenvalue weighted by atomic mass is 9.94. The Labute approximate surface area is 88.0 Å². The third-order valence-electron chi connectivity index (χ3n) is 2.11. The maximum Gasteiger partial charge on any atom is 0.314 e. The Morgan fingerprint density at radius 3 is 2.60 bits per heavy atom. The molecule has 0 amide bonds. The maximum absolute atomic E-state index is 11.0. The zero-order chi connectivity index (χ0) is 11.3. The van der Waals surface area contributed by atoms with Crippen LogP contribution in [0, 0.1) is 0 Å². The van der Waals surface area contributed by atoms with Gasteiger partial charge in [-0.25, -0.2) is 0 Å². The van der Waals surface area contributed by atoms with E-state index >= 15 is 0 Å². The molecule has 3 heteroatoms. The number of allylic oxidation sites excluding steroid dienone is 1. The summed E-state index contributed by atoms with van der Waals surface area (Å²) in [5.41, 5.74) is 0.945. The molecule has 0 heterocycles. The minimum atomic E-state index is -0.956. The summed E-state index contributed by atoms with van der Waals surface area (Å²) >= 11 is 0. The van der Waals surface area contributed by atoms with Crippen molar-refractivity contribution in [2.24, 2.45) is 0 Å². The fraction of sp³-hybridized carbons (Fsp3) is 0.167. The molecule has 1 aromatic rings. The molecule has 0 bridgehead atoms. The molecule has 0 aliphatic rings. The first kappa shape index (κ1) is 11.2. The van der Waals surface area contributed by atoms with Crippen molar-refractivity contribution in [3.05, 3.63) is 47.5 Å². The van der Waals surface area contributed by atoms with Gasteiger partial charge in [-0.15, -0.1) is 0 Å². The van der Waals surface area contributed by atoms with Crippen LogP contribution in [0.3, 0.4) is 0 Å². The highest BCUT2D eigenvalue weighted by Gasteiger charge is 2.18. The zero-order valence-corrected chi connectivity index (χ0v) is 8.38. The van der Waals surface area contributed by atoms with Crippen LogP contribution in [-0.4, -0.2) is 17.4 Å². The summed E-state index contributed by atoms with van der Waals surface area (Å²) in [5.74, 6) is -1.71. The van der Waals surface area contributed by atoms with Crippen LogP contribution < -0.4 is 0 Å². The van der Waals surface area contributed by atoms with Gasteiger partial charge in [0.2, 0.25) is 0 Å². The summed E-state index contributed by atoms with van der Waals surface area (Å²) in [6.07, 6.45) is 3.90. The highest BCUT2D eigenvalue weighted by atomic mass is 16.4. The monoisotopic (exact) mass is 204 g/mol. The number of aldehydes is 1. The fourth-order valence-electron chi connectivity index (χ4n) is 1.41. The Hall–Kier alpha value is -1.90. The number of benzene rings is 1. The molecule has 0 spiro atoms. The Balaban J connectivity index is 3.21. The van der Waals surface area contributed by atoms with Crippen molar-refractivity contribution in [1.29, 1.82) is 0 Å². The molecule has 0 aliphatic carbocycles. The lowest BCUT2D eigenvalue weighted by Crippen LogP contribution is -2.11. The summed E-state index contributed by atoms with van der Waals surface area (Å²) in [7, 11) is 0. The van der Waals surface area contributed by atoms with E-state index in [9.17, 15) is 9.59 Å². The van der Waals surface area contributed by atoms with E-state index in [0.717, 1.165) is 0 Å². The first-order valence-electron chi connectivity index (χ1n) is 4.60. The second kappa shape index (κ2) is 5.10. The molecule has 1 N–H and O–H groups in total. The highest BCUT2D eigenvalue weighted by molar-refractivity contribution is 5.85. The predicted octanol–water partition coefficient (Wildman–Crippen LogP) is 2.24. The lowest BCUT2D eigenvalue weighted by Gasteiger charge is -2.09. The normalized spacial score (nSPS) is 12.6. The molecule has 0 aliphatic heterocycles. The van der Waals surface area contributed by atoms with Gasteiger partial charge in [-0.3, -0.25) is 9.59 Å². The fourth-order valence-corrected chi connectivity index (χ4v) is 1.41. The number of rotatable bonds is 4. The highest BCUT2D eigenvalue weighted by Crippen LogP contribution is 2.20. The van der Waals surface area contributed by atoms with Gasteiger partial charge in [0.05, 0.1) is 0 Å². The second-order valence-corrected chi connectivity index (χ2v) is 3.09. The number of hydrogen-bond donors (Lipinski definition) is 1. The first-order chi connectivity index (χ1) is 7.20. The molecule has 1 atom stereocenters. The number of hydrogen-bond acceptors (Lipinski definition) is 2. The minimum Gasteiger partial charge on any atom is -0.481 e. The van der Waals surface area contributed by atoms with Gasteiger partial charge in [-0.1, -0.05) is 36.4 Å². The summed E-state index contributed by atoms with van der Waals surface area (Å²) in [5, 5.41) is 9.01. The number of carboxylic acid groups (broad SMARTS) is 1. The first-order valence-corrected chi connectivity index (χ1v) is 4.60. The van der Waals surface area contributed by atoms with Crippen LogP contribution in [0.4, 0.5) is 0 Å². The van der Waals surface area contributed by atoms with E-state index in [2.05, 4.69) is 0 Å². The predicted molar refractivity (Wildman–Crippen MR) is 57.0 cm³/mol. The van der Waals surface area contributed by atoms with E-state index in [1.807, 2.05) is 0 Å². The molecule has 1 aromatic carbocycles. The van der Waals surface area contributed by atoms with E-state index in [1.54, 1.807) is 43.3 Å². The van der Waals surface area contributed by atoms with Crippen LogP contribution in [0.25, 0.3) is 0 Å². The minimum absolute atomic E-state index is 0.419. The van der Waals surface area contributed by atoms with Crippen molar-refractivity contribution in [2.75, 3.05) is 0 Å². The van der Waals surface area contributed by atoms with Crippen LogP contribution in [0.15, 0.2) is 36.4 Å². The van der Waals surface area contributed by atoms with Gasteiger partial charge in [0.1, 0.15) is 12.2 Å². The molecule has 1 unspecified atom stereocenters. The number of carbonyl (C=O) groups is 2. The molecule has 3 nitrogen and oxygen atoms in total. The molecular weight excluding hydrogens is 192 g/mol. The van der Waals surface area contributed by atoms with E-state index in [1.165, 1.54) is 0 Å². The lowest BCUT2D eigenvalue weighted by molar-refractivity contribution is -0.137. The summed E-state index contributed by atoms with van der Waals surface area (Å²) in [6.45, 7) is 1.75. The van der Waals surface area contributed by atoms with Crippen molar-refractivity contribution >= 4 is 12.3 Å². The van der Waals surface area contributed by atoms with E-state index in [0.29, 0.717) is 17.4 Å². The van der Waals surface area contributed by atoms with Gasteiger partial charge in [-0.2, -0.15) is 0 Å².